The van der Waals surface area contributed by atoms with Crippen LogP contribution in [-0.2, 0) is 19.5 Å². The summed E-state index contributed by atoms with van der Waals surface area (Å²) in [5.41, 5.74) is 1.14. The van der Waals surface area contributed by atoms with E-state index in [2.05, 4.69) is 39.1 Å². The van der Waals surface area contributed by atoms with E-state index in [4.69, 9.17) is 0 Å². The Bertz CT molecular complexity index is 489. The quantitative estimate of drug-likeness (QED) is 0.871. The molecule has 2 heterocycles. The molecule has 0 fully saturated rings. The van der Waals surface area contributed by atoms with E-state index in [1.165, 1.54) is 5.01 Å². The lowest BCUT2D eigenvalue weighted by atomic mass is 10.3. The predicted molar refractivity (Wildman–Crippen MR) is 74.8 cm³/mol. The first-order valence-electron chi connectivity index (χ1n) is 6.33. The zero-order chi connectivity index (χ0) is 13.0. The maximum atomic E-state index is 4.55. The first kappa shape index (κ1) is 13.2. The Morgan fingerprint density at radius 1 is 1.50 bits per heavy atom. The van der Waals surface area contributed by atoms with Gasteiger partial charge in [-0.1, -0.05) is 6.92 Å². The van der Waals surface area contributed by atoms with Gasteiger partial charge in [0.15, 0.2) is 0 Å². The molecule has 0 aromatic carbocycles. The molecule has 0 saturated heterocycles. The van der Waals surface area contributed by atoms with Gasteiger partial charge in [-0.05, 0) is 20.3 Å². The maximum absolute atomic E-state index is 4.55. The van der Waals surface area contributed by atoms with Gasteiger partial charge in [0.1, 0.15) is 5.82 Å². The molecule has 18 heavy (non-hydrogen) atoms. The summed E-state index contributed by atoms with van der Waals surface area (Å²) in [6, 6.07) is 0.407. The lowest BCUT2D eigenvalue weighted by molar-refractivity contribution is 0.468. The molecule has 1 unspecified atom stereocenters. The Morgan fingerprint density at radius 2 is 2.33 bits per heavy atom. The molecule has 0 spiro atoms. The van der Waals surface area contributed by atoms with Crippen molar-refractivity contribution in [1.29, 1.82) is 0 Å². The molecule has 0 saturated carbocycles. The number of nitrogens with one attached hydrogen (secondary N) is 1. The summed E-state index contributed by atoms with van der Waals surface area (Å²) in [7, 11) is 0. The minimum atomic E-state index is 0.407. The first-order chi connectivity index (χ1) is 8.69. The lowest BCUT2D eigenvalue weighted by Gasteiger charge is -2.14. The second kappa shape index (κ2) is 6.11. The summed E-state index contributed by atoms with van der Waals surface area (Å²) in [5, 5.41) is 6.85. The van der Waals surface area contributed by atoms with Crippen molar-refractivity contribution in [2.24, 2.45) is 0 Å². The normalized spacial score (nSPS) is 12.8. The van der Waals surface area contributed by atoms with Crippen LogP contribution in [0.5, 0.6) is 0 Å². The van der Waals surface area contributed by atoms with Gasteiger partial charge in [0.05, 0.1) is 10.7 Å². The number of thiazole rings is 1. The molecule has 98 valence electrons. The highest BCUT2D eigenvalue weighted by Gasteiger charge is 2.06. The number of imidazole rings is 1. The number of rotatable bonds is 6. The second-order valence-corrected chi connectivity index (χ2v) is 5.44. The minimum Gasteiger partial charge on any atom is -0.334 e. The van der Waals surface area contributed by atoms with Gasteiger partial charge >= 0.3 is 0 Å². The van der Waals surface area contributed by atoms with E-state index in [-0.39, 0.29) is 0 Å². The van der Waals surface area contributed by atoms with Gasteiger partial charge < -0.3 is 9.88 Å². The molecule has 4 nitrogen and oxygen atoms in total. The summed E-state index contributed by atoms with van der Waals surface area (Å²) >= 11 is 1.74. The Kier molecular flexibility index (Phi) is 4.49. The van der Waals surface area contributed by atoms with Crippen molar-refractivity contribution in [3.8, 4) is 0 Å². The third-order valence-electron chi connectivity index (χ3n) is 2.93. The third kappa shape index (κ3) is 3.40. The van der Waals surface area contributed by atoms with Crippen LogP contribution in [0.3, 0.4) is 0 Å². The molecule has 1 atom stereocenters. The molecular formula is C13H20N4S. The molecule has 0 aliphatic carbocycles. The molecule has 0 radical (unpaired) electrons. The average Bonchev–Trinajstić information content (AvgIpc) is 2.97. The van der Waals surface area contributed by atoms with E-state index in [9.17, 15) is 0 Å². The number of aromatic nitrogens is 3. The van der Waals surface area contributed by atoms with Crippen molar-refractivity contribution in [2.75, 3.05) is 0 Å². The molecule has 0 bridgehead atoms. The number of hydrogen-bond donors (Lipinski definition) is 1. The highest BCUT2D eigenvalue weighted by atomic mass is 32.1. The third-order valence-corrected chi connectivity index (χ3v) is 3.97. The monoisotopic (exact) mass is 264 g/mol. The van der Waals surface area contributed by atoms with Crippen LogP contribution in [-0.4, -0.2) is 20.6 Å². The van der Waals surface area contributed by atoms with Crippen LogP contribution in [0.2, 0.25) is 0 Å². The highest BCUT2D eigenvalue weighted by molar-refractivity contribution is 7.09. The van der Waals surface area contributed by atoms with E-state index < -0.39 is 0 Å². The van der Waals surface area contributed by atoms with Crippen LogP contribution in [0.15, 0.2) is 17.8 Å². The molecule has 0 aliphatic heterocycles. The number of aryl methyl sites for hydroxylation is 2. The Balaban J connectivity index is 1.81. The standard InChI is InChI=1S/C13H20N4S/c1-4-13-16-12(9-18-13)7-15-10(2)8-17-6-5-14-11(17)3/h5-6,9-10,15H,4,7-8H2,1-3H3. The van der Waals surface area contributed by atoms with Crippen LogP contribution in [0.1, 0.15) is 30.4 Å². The van der Waals surface area contributed by atoms with Crippen molar-refractivity contribution >= 4 is 11.3 Å². The fourth-order valence-corrected chi connectivity index (χ4v) is 2.57. The fraction of sp³-hybridized carbons (Fsp3) is 0.538. The summed E-state index contributed by atoms with van der Waals surface area (Å²) < 4.78 is 2.16. The van der Waals surface area contributed by atoms with Crippen molar-refractivity contribution in [2.45, 2.75) is 46.3 Å². The van der Waals surface area contributed by atoms with Gasteiger partial charge in [-0.3, -0.25) is 0 Å². The molecule has 0 aliphatic rings. The summed E-state index contributed by atoms with van der Waals surface area (Å²) in [5.74, 6) is 1.06. The summed E-state index contributed by atoms with van der Waals surface area (Å²) in [6.07, 6.45) is 4.88. The number of nitrogens with zero attached hydrogens (tertiary/aromatic N) is 3. The maximum Gasteiger partial charge on any atom is 0.105 e. The van der Waals surface area contributed by atoms with E-state index in [0.29, 0.717) is 6.04 Å². The molecule has 1 N–H and O–H groups in total. The van der Waals surface area contributed by atoms with E-state index in [0.717, 1.165) is 31.0 Å². The van der Waals surface area contributed by atoms with E-state index in [1.807, 2.05) is 19.3 Å². The van der Waals surface area contributed by atoms with Gasteiger partial charge in [0.25, 0.3) is 0 Å². The predicted octanol–water partition coefficient (Wildman–Crippen LogP) is 2.39. The van der Waals surface area contributed by atoms with Crippen LogP contribution >= 0.6 is 11.3 Å². The van der Waals surface area contributed by atoms with E-state index >= 15 is 0 Å². The highest BCUT2D eigenvalue weighted by Crippen LogP contribution is 2.10. The molecular weight excluding hydrogens is 244 g/mol. The van der Waals surface area contributed by atoms with Crippen molar-refractivity contribution < 1.29 is 0 Å². The van der Waals surface area contributed by atoms with Gasteiger partial charge in [-0.25, -0.2) is 9.97 Å². The molecule has 5 heteroatoms. The van der Waals surface area contributed by atoms with E-state index in [1.54, 1.807) is 11.3 Å². The fourth-order valence-electron chi connectivity index (χ4n) is 1.83. The molecule has 2 aromatic heterocycles. The first-order valence-corrected chi connectivity index (χ1v) is 7.21. The molecule has 2 rings (SSSR count). The largest absolute Gasteiger partial charge is 0.334 e. The Labute approximate surface area is 112 Å². The molecule has 2 aromatic rings. The van der Waals surface area contributed by atoms with Gasteiger partial charge in [0, 0.05) is 36.9 Å². The topological polar surface area (TPSA) is 42.7 Å². The van der Waals surface area contributed by atoms with Crippen LogP contribution in [0, 0.1) is 6.92 Å². The van der Waals surface area contributed by atoms with Crippen molar-refractivity contribution in [3.05, 3.63) is 34.3 Å². The van der Waals surface area contributed by atoms with Crippen LogP contribution in [0.25, 0.3) is 0 Å². The number of hydrogen-bond acceptors (Lipinski definition) is 4. The summed E-state index contributed by atoms with van der Waals surface area (Å²) in [6.45, 7) is 8.13. The zero-order valence-corrected chi connectivity index (χ0v) is 12.0. The minimum absolute atomic E-state index is 0.407. The van der Waals surface area contributed by atoms with Gasteiger partial charge in [-0.15, -0.1) is 11.3 Å². The second-order valence-electron chi connectivity index (χ2n) is 4.49. The van der Waals surface area contributed by atoms with Crippen molar-refractivity contribution in [1.82, 2.24) is 19.9 Å². The Morgan fingerprint density at radius 3 is 2.94 bits per heavy atom. The smallest absolute Gasteiger partial charge is 0.105 e. The Hall–Kier alpha value is -1.20. The zero-order valence-electron chi connectivity index (χ0n) is 11.2. The average molecular weight is 264 g/mol. The van der Waals surface area contributed by atoms with Crippen LogP contribution in [0.4, 0.5) is 0 Å². The van der Waals surface area contributed by atoms with Gasteiger partial charge in [-0.2, -0.15) is 0 Å². The molecule has 0 amide bonds. The summed E-state index contributed by atoms with van der Waals surface area (Å²) in [4.78, 5) is 8.78. The van der Waals surface area contributed by atoms with Crippen LogP contribution < -0.4 is 5.32 Å². The van der Waals surface area contributed by atoms with Crippen molar-refractivity contribution in [3.63, 3.8) is 0 Å². The lowest BCUT2D eigenvalue weighted by Crippen LogP contribution is -2.30. The van der Waals surface area contributed by atoms with Gasteiger partial charge in [0.2, 0.25) is 0 Å². The SMILES string of the molecule is CCc1nc(CNC(C)Cn2ccnc2C)cs1.